The van der Waals surface area contributed by atoms with Crippen molar-refractivity contribution in [2.45, 2.75) is 173 Å². The standard InChI is InChI=1S/C36H65NO13.Ac.H2O/c1-17-14-19(3)46-33(27(17)39)50-31-21(5)28(49-25-16-35(9,45-11)30(41)23(7)47-25)22(6)32(42)48-24(12-13-37)36(10,44)29(40)20(4)26(38)18(2)15-34(31,8)43;;/h17-25,27-31,33,39-41,43-44H,12-16,37H2,1-11H3;;1H2/t17?,18-,19?,20+,21+,22?,23?,24-,25?,27?,28?,29?,30?,31?,33?,34-,35?,36-;;/m1../s1. The minimum absolute atomic E-state index is 0. The molecule has 0 aromatic heterocycles. The Morgan fingerprint density at radius 2 is 1.50 bits per heavy atom. The predicted molar refractivity (Wildman–Crippen MR) is 184 cm³/mol. The zero-order chi connectivity index (χ0) is 38.1. The molecule has 0 amide bonds. The molecule has 0 spiro atoms. The zero-order valence-electron chi connectivity index (χ0n) is 33.8. The minimum atomic E-state index is -2.07. The van der Waals surface area contributed by atoms with Gasteiger partial charge in [-0.15, -0.1) is 0 Å². The first-order chi connectivity index (χ1) is 23.0. The van der Waals surface area contributed by atoms with Crippen LogP contribution >= 0.6 is 0 Å². The van der Waals surface area contributed by atoms with E-state index in [-0.39, 0.29) is 88.8 Å². The number of aliphatic hydroxyl groups excluding tert-OH is 3. The first-order valence-corrected chi connectivity index (χ1v) is 18.1. The number of methoxy groups -OCH3 is 1. The zero-order valence-corrected chi connectivity index (χ0v) is 37.5. The third kappa shape index (κ3) is 11.1. The Bertz CT molecular complexity index is 1150. The molecule has 52 heavy (non-hydrogen) atoms. The van der Waals surface area contributed by atoms with Crippen molar-refractivity contribution in [3.63, 3.8) is 0 Å². The summed E-state index contributed by atoms with van der Waals surface area (Å²) in [4.78, 5) is 27.9. The van der Waals surface area contributed by atoms with Gasteiger partial charge in [0.15, 0.2) is 12.6 Å². The van der Waals surface area contributed by atoms with Crippen molar-refractivity contribution in [1.29, 1.82) is 0 Å². The summed E-state index contributed by atoms with van der Waals surface area (Å²) in [5.74, 6) is -5.30. The van der Waals surface area contributed by atoms with Gasteiger partial charge >= 0.3 is 7.40 Å². The van der Waals surface area contributed by atoms with Crippen LogP contribution < -0.4 is 5.73 Å². The van der Waals surface area contributed by atoms with E-state index in [4.69, 9.17) is 34.2 Å². The van der Waals surface area contributed by atoms with Crippen LogP contribution in [0, 0.1) is 73.7 Å². The predicted octanol–water partition coefficient (Wildman–Crippen LogP) is 1.37. The number of ether oxygens (including phenoxy) is 6. The fourth-order valence-corrected chi connectivity index (χ4v) is 8.17. The Morgan fingerprint density at radius 1 is 0.904 bits per heavy atom. The van der Waals surface area contributed by atoms with Gasteiger partial charge in [0.05, 0.1) is 47.6 Å². The molecule has 3 fully saturated rings. The van der Waals surface area contributed by atoms with Crippen LogP contribution in [0.4, 0.5) is 0 Å². The maximum atomic E-state index is 14.1. The van der Waals surface area contributed by atoms with Gasteiger partial charge in [0.2, 0.25) is 0 Å². The van der Waals surface area contributed by atoms with Crippen LogP contribution in [0.1, 0.15) is 96.3 Å². The van der Waals surface area contributed by atoms with Crippen LogP contribution in [-0.4, -0.2) is 135 Å². The van der Waals surface area contributed by atoms with Crippen molar-refractivity contribution in [1.82, 2.24) is 0 Å². The molecule has 3 rings (SSSR count). The summed E-state index contributed by atoms with van der Waals surface area (Å²) in [6.45, 7) is 16.4. The Kier molecular flexibility index (Phi) is 19.3. The molecule has 0 bridgehead atoms. The average molecular weight is 965 g/mol. The summed E-state index contributed by atoms with van der Waals surface area (Å²) in [6.07, 6.45) is -9.84. The van der Waals surface area contributed by atoms with Gasteiger partial charge in [-0.3, -0.25) is 9.59 Å². The normalized spacial score (nSPS) is 48.4. The van der Waals surface area contributed by atoms with Gasteiger partial charge in [-0.2, -0.15) is 0 Å². The summed E-state index contributed by atoms with van der Waals surface area (Å²) >= 11 is 0. The van der Waals surface area contributed by atoms with Crippen LogP contribution in [-0.2, 0) is 38.0 Å². The second kappa shape index (κ2) is 20.0. The smallest absolute Gasteiger partial charge is 0.870 e. The molecule has 12 unspecified atom stereocenters. The molecule has 3 heterocycles. The minimum Gasteiger partial charge on any atom is -0.870 e. The SMILES string of the molecule is COC1(C)CC(OC2C(C)C(=O)O[C@H](CCN)[C@@](C)(O)C(O)[C@@H](C)C(=O)[C@H](C)C[C@@](C)(O)C(OC3OC(C)CC(C)C3O)[C@H]2C)OC(C)C1O.[Ac].[H+].[OH-]. The Morgan fingerprint density at radius 3 is 2.06 bits per heavy atom. The molecule has 0 aromatic rings. The number of hydrogen-bond donors (Lipinski definition) is 6. The molecule has 8 N–H and O–H groups in total. The van der Waals surface area contributed by atoms with Gasteiger partial charge in [-0.1, -0.05) is 27.7 Å². The number of ketones is 1. The van der Waals surface area contributed by atoms with E-state index in [0.29, 0.717) is 6.42 Å². The van der Waals surface area contributed by atoms with E-state index in [1.165, 1.54) is 27.9 Å². The van der Waals surface area contributed by atoms with E-state index < -0.39 is 108 Å². The van der Waals surface area contributed by atoms with E-state index in [9.17, 15) is 35.1 Å². The van der Waals surface area contributed by atoms with Crippen molar-refractivity contribution in [2.24, 2.45) is 35.3 Å². The average Bonchev–Trinajstić information content (AvgIpc) is 3.04. The third-order valence-corrected chi connectivity index (χ3v) is 11.5. The van der Waals surface area contributed by atoms with E-state index in [1.807, 2.05) is 13.8 Å². The first-order valence-electron chi connectivity index (χ1n) is 18.1. The Hall–Kier alpha value is 0.102. The summed E-state index contributed by atoms with van der Waals surface area (Å²) in [5.41, 5.74) is 0.943. The monoisotopic (exact) mass is 964 g/mol. The van der Waals surface area contributed by atoms with Crippen LogP contribution in [0.25, 0.3) is 0 Å². The van der Waals surface area contributed by atoms with Crippen molar-refractivity contribution < 1.29 is 115 Å². The van der Waals surface area contributed by atoms with Gasteiger partial charge in [0.1, 0.15) is 29.7 Å². The molecule has 1 radical (unpaired) electrons. The maximum Gasteiger partial charge on any atom is 1.00 e. The number of rotatable bonds is 7. The number of nitrogens with two attached hydrogens (primary N) is 1. The summed E-state index contributed by atoms with van der Waals surface area (Å²) in [7, 11) is 1.47. The van der Waals surface area contributed by atoms with E-state index in [2.05, 4.69) is 0 Å². The second-order valence-electron chi connectivity index (χ2n) is 16.1. The van der Waals surface area contributed by atoms with Crippen molar-refractivity contribution in [3.8, 4) is 0 Å². The molecule has 0 aliphatic carbocycles. The molecule has 0 saturated carbocycles. The fourth-order valence-electron chi connectivity index (χ4n) is 8.17. The number of carbonyl (C=O) groups is 2. The largest absolute Gasteiger partial charge is 1.00 e. The van der Waals surface area contributed by atoms with Crippen LogP contribution in [0.3, 0.4) is 0 Å². The van der Waals surface area contributed by atoms with E-state index >= 15 is 0 Å². The number of Topliss-reactive ketones (excluding diaryl/α,β-unsaturated/α-hetero) is 1. The summed E-state index contributed by atoms with van der Waals surface area (Å²) in [5, 5.41) is 57.3. The maximum absolute atomic E-state index is 14.1. The molecule has 16 heteroatoms. The van der Waals surface area contributed by atoms with Crippen LogP contribution in [0.5, 0.6) is 0 Å². The Labute approximate surface area is 346 Å². The molecular formula is C36H67AcNO14. The fraction of sp³-hybridized carbons (Fsp3) is 0.944. The van der Waals surface area contributed by atoms with Gasteiger partial charge in [0, 0.05) is 75.3 Å². The number of cyclic esters (lactones) is 1. The first kappa shape index (κ1) is 50.1. The van der Waals surface area contributed by atoms with E-state index in [1.54, 1.807) is 34.6 Å². The molecule has 3 saturated heterocycles. The number of aliphatic hydroxyl groups is 5. The van der Waals surface area contributed by atoms with E-state index in [0.717, 1.165) is 0 Å². The van der Waals surface area contributed by atoms with Crippen molar-refractivity contribution in [3.05, 3.63) is 0 Å². The second-order valence-corrected chi connectivity index (χ2v) is 16.1. The molecule has 3 aliphatic rings. The van der Waals surface area contributed by atoms with Crippen LogP contribution in [0.15, 0.2) is 0 Å². The van der Waals surface area contributed by atoms with Gasteiger partial charge in [0.25, 0.3) is 0 Å². The summed E-state index contributed by atoms with van der Waals surface area (Å²) < 4.78 is 36.8. The van der Waals surface area contributed by atoms with Crippen molar-refractivity contribution >= 4 is 11.8 Å². The number of esters is 1. The number of carbonyl (C=O) groups excluding carboxylic acids is 2. The molecule has 0 aromatic carbocycles. The number of hydrogen-bond acceptors (Lipinski definition) is 15. The molecule has 303 valence electrons. The Balaban J connectivity index is 0.00000901. The molecule has 15 nitrogen and oxygen atoms in total. The van der Waals surface area contributed by atoms with Gasteiger partial charge in [-0.05, 0) is 73.3 Å². The topological polar surface area (TPSA) is 247 Å². The molecule has 18 atom stereocenters. The quantitative estimate of drug-likeness (QED) is 0.197. The van der Waals surface area contributed by atoms with Crippen molar-refractivity contribution in [2.75, 3.05) is 13.7 Å². The van der Waals surface area contributed by atoms with Crippen LogP contribution in [0.2, 0.25) is 0 Å². The summed E-state index contributed by atoms with van der Waals surface area (Å²) in [6, 6.07) is 0. The molecule has 3 aliphatic heterocycles. The third-order valence-electron chi connectivity index (χ3n) is 11.5. The molecular weight excluding hydrogens is 897 g/mol. The van der Waals surface area contributed by atoms with Gasteiger partial charge in [-0.25, -0.2) is 0 Å². The van der Waals surface area contributed by atoms with Gasteiger partial charge < -0.3 is 65.2 Å².